The standard InChI is InChI=1S/C15H21FO2/c1-3-18-15(8-4-5-9-15)14(17)12-7-6-11(2)13(16)10-12/h6-7,10,14,17H,3-5,8-9H2,1-2H3. The largest absolute Gasteiger partial charge is 0.385 e. The quantitative estimate of drug-likeness (QED) is 0.888. The molecule has 1 aliphatic carbocycles. The average molecular weight is 252 g/mol. The van der Waals surface area contributed by atoms with Crippen molar-refractivity contribution in [2.75, 3.05) is 6.61 Å². The van der Waals surface area contributed by atoms with Gasteiger partial charge in [-0.15, -0.1) is 0 Å². The van der Waals surface area contributed by atoms with E-state index in [2.05, 4.69) is 0 Å². The predicted molar refractivity (Wildman–Crippen MR) is 68.9 cm³/mol. The Morgan fingerprint density at radius 2 is 2.06 bits per heavy atom. The fourth-order valence-corrected chi connectivity index (χ4v) is 2.84. The van der Waals surface area contributed by atoms with Crippen molar-refractivity contribution in [3.63, 3.8) is 0 Å². The summed E-state index contributed by atoms with van der Waals surface area (Å²) in [7, 11) is 0. The number of hydrogen-bond donors (Lipinski definition) is 1. The number of rotatable bonds is 4. The van der Waals surface area contributed by atoms with Crippen molar-refractivity contribution in [3.05, 3.63) is 35.1 Å². The molecule has 1 unspecified atom stereocenters. The molecule has 1 saturated carbocycles. The summed E-state index contributed by atoms with van der Waals surface area (Å²) < 4.78 is 19.4. The summed E-state index contributed by atoms with van der Waals surface area (Å²) in [6.45, 7) is 4.23. The molecule has 0 bridgehead atoms. The van der Waals surface area contributed by atoms with Gasteiger partial charge < -0.3 is 9.84 Å². The summed E-state index contributed by atoms with van der Waals surface area (Å²) in [5.74, 6) is -0.267. The maximum Gasteiger partial charge on any atom is 0.126 e. The van der Waals surface area contributed by atoms with Crippen LogP contribution in [-0.4, -0.2) is 17.3 Å². The first kappa shape index (κ1) is 13.5. The van der Waals surface area contributed by atoms with E-state index in [0.717, 1.165) is 25.7 Å². The molecule has 100 valence electrons. The molecule has 0 saturated heterocycles. The molecule has 0 amide bonds. The highest BCUT2D eigenvalue weighted by molar-refractivity contribution is 5.27. The number of hydrogen-bond acceptors (Lipinski definition) is 2. The topological polar surface area (TPSA) is 29.5 Å². The summed E-state index contributed by atoms with van der Waals surface area (Å²) in [5, 5.41) is 10.5. The van der Waals surface area contributed by atoms with Crippen molar-refractivity contribution in [3.8, 4) is 0 Å². The zero-order valence-corrected chi connectivity index (χ0v) is 11.1. The molecule has 1 aromatic rings. The van der Waals surface area contributed by atoms with E-state index < -0.39 is 11.7 Å². The fraction of sp³-hybridized carbons (Fsp3) is 0.600. The Kier molecular flexibility index (Phi) is 4.03. The second kappa shape index (κ2) is 5.37. The zero-order chi connectivity index (χ0) is 13.2. The van der Waals surface area contributed by atoms with Crippen molar-refractivity contribution in [2.24, 2.45) is 0 Å². The summed E-state index contributed by atoms with van der Waals surface area (Å²) in [6, 6.07) is 4.93. The van der Waals surface area contributed by atoms with Crippen LogP contribution in [0.4, 0.5) is 4.39 Å². The van der Waals surface area contributed by atoms with Gasteiger partial charge >= 0.3 is 0 Å². The molecule has 0 heterocycles. The first-order valence-electron chi connectivity index (χ1n) is 6.67. The molecule has 1 fully saturated rings. The fourth-order valence-electron chi connectivity index (χ4n) is 2.84. The van der Waals surface area contributed by atoms with Gasteiger partial charge in [-0.2, -0.15) is 0 Å². The van der Waals surface area contributed by atoms with E-state index in [1.54, 1.807) is 19.1 Å². The van der Waals surface area contributed by atoms with E-state index in [0.29, 0.717) is 17.7 Å². The Bertz CT molecular complexity index is 411. The second-order valence-corrected chi connectivity index (χ2v) is 5.12. The Hall–Kier alpha value is -0.930. The van der Waals surface area contributed by atoms with E-state index in [1.165, 1.54) is 6.07 Å². The number of aliphatic hydroxyl groups is 1. The average Bonchev–Trinajstić information content (AvgIpc) is 2.82. The normalized spacial score (nSPS) is 20.0. The van der Waals surface area contributed by atoms with Crippen LogP contribution < -0.4 is 0 Å². The maximum atomic E-state index is 13.6. The van der Waals surface area contributed by atoms with E-state index >= 15 is 0 Å². The van der Waals surface area contributed by atoms with Gasteiger partial charge in [-0.05, 0) is 43.9 Å². The Morgan fingerprint density at radius 1 is 1.39 bits per heavy atom. The molecule has 0 radical (unpaired) electrons. The third-order valence-corrected chi connectivity index (χ3v) is 3.89. The van der Waals surface area contributed by atoms with Gasteiger partial charge in [-0.1, -0.05) is 25.0 Å². The number of halogens is 1. The summed E-state index contributed by atoms with van der Waals surface area (Å²) in [5.41, 5.74) is 0.701. The second-order valence-electron chi connectivity index (χ2n) is 5.12. The molecule has 18 heavy (non-hydrogen) atoms. The predicted octanol–water partition coefficient (Wildman–Crippen LogP) is 3.52. The molecular weight excluding hydrogens is 231 g/mol. The summed E-state index contributed by atoms with van der Waals surface area (Å²) in [4.78, 5) is 0. The lowest BCUT2D eigenvalue weighted by atomic mass is 9.88. The first-order valence-corrected chi connectivity index (χ1v) is 6.67. The van der Waals surface area contributed by atoms with Crippen LogP contribution in [0.2, 0.25) is 0 Å². The van der Waals surface area contributed by atoms with Crippen LogP contribution in [0.5, 0.6) is 0 Å². The molecule has 1 N–H and O–H groups in total. The highest BCUT2D eigenvalue weighted by atomic mass is 19.1. The van der Waals surface area contributed by atoms with E-state index in [4.69, 9.17) is 4.74 Å². The van der Waals surface area contributed by atoms with Gasteiger partial charge in [0.15, 0.2) is 0 Å². The van der Waals surface area contributed by atoms with Crippen molar-refractivity contribution in [1.29, 1.82) is 0 Å². The Balaban J connectivity index is 2.27. The van der Waals surface area contributed by atoms with Crippen LogP contribution in [0.1, 0.15) is 49.8 Å². The molecule has 2 rings (SSSR count). The van der Waals surface area contributed by atoms with E-state index in [1.807, 2.05) is 6.92 Å². The highest BCUT2D eigenvalue weighted by Gasteiger charge is 2.42. The summed E-state index contributed by atoms with van der Waals surface area (Å²) >= 11 is 0. The third kappa shape index (κ3) is 2.43. The SMILES string of the molecule is CCOC1(C(O)c2ccc(C)c(F)c2)CCCC1. The Morgan fingerprint density at radius 3 is 2.61 bits per heavy atom. The van der Waals surface area contributed by atoms with Crippen LogP contribution >= 0.6 is 0 Å². The zero-order valence-electron chi connectivity index (χ0n) is 11.1. The number of aliphatic hydroxyl groups excluding tert-OH is 1. The maximum absolute atomic E-state index is 13.6. The van der Waals surface area contributed by atoms with Gasteiger partial charge in [0.2, 0.25) is 0 Å². The number of benzene rings is 1. The monoisotopic (exact) mass is 252 g/mol. The van der Waals surface area contributed by atoms with Crippen LogP contribution in [-0.2, 0) is 4.74 Å². The van der Waals surface area contributed by atoms with Crippen molar-refractivity contribution in [2.45, 2.75) is 51.2 Å². The lowest BCUT2D eigenvalue weighted by Gasteiger charge is -2.34. The van der Waals surface area contributed by atoms with Gasteiger partial charge in [0.1, 0.15) is 11.9 Å². The minimum atomic E-state index is -0.741. The van der Waals surface area contributed by atoms with Gasteiger partial charge in [0.05, 0.1) is 5.60 Å². The van der Waals surface area contributed by atoms with Crippen molar-refractivity contribution in [1.82, 2.24) is 0 Å². The smallest absolute Gasteiger partial charge is 0.126 e. The number of ether oxygens (including phenoxy) is 1. The molecule has 3 heteroatoms. The van der Waals surface area contributed by atoms with Gasteiger partial charge in [-0.25, -0.2) is 4.39 Å². The minimum Gasteiger partial charge on any atom is -0.385 e. The molecule has 0 spiro atoms. The Labute approximate surface area is 108 Å². The molecule has 2 nitrogen and oxygen atoms in total. The molecule has 1 aromatic carbocycles. The van der Waals surface area contributed by atoms with Crippen LogP contribution in [0.3, 0.4) is 0 Å². The highest BCUT2D eigenvalue weighted by Crippen LogP contribution is 2.43. The van der Waals surface area contributed by atoms with Crippen molar-refractivity contribution < 1.29 is 14.2 Å². The van der Waals surface area contributed by atoms with E-state index in [-0.39, 0.29) is 5.82 Å². The first-order chi connectivity index (χ1) is 8.59. The lowest BCUT2D eigenvalue weighted by molar-refractivity contribution is -0.118. The summed E-state index contributed by atoms with van der Waals surface area (Å²) in [6.07, 6.45) is 3.07. The third-order valence-electron chi connectivity index (χ3n) is 3.89. The van der Waals surface area contributed by atoms with Crippen LogP contribution in [0, 0.1) is 12.7 Å². The van der Waals surface area contributed by atoms with Gasteiger partial charge in [0.25, 0.3) is 0 Å². The van der Waals surface area contributed by atoms with E-state index in [9.17, 15) is 9.50 Å². The minimum absolute atomic E-state index is 0.267. The molecule has 1 atom stereocenters. The number of aryl methyl sites for hydroxylation is 1. The molecule has 0 aromatic heterocycles. The van der Waals surface area contributed by atoms with Crippen molar-refractivity contribution >= 4 is 0 Å². The van der Waals surface area contributed by atoms with Gasteiger partial charge in [-0.3, -0.25) is 0 Å². The van der Waals surface area contributed by atoms with Crippen LogP contribution in [0.15, 0.2) is 18.2 Å². The molecular formula is C15H21FO2. The van der Waals surface area contributed by atoms with Gasteiger partial charge in [0, 0.05) is 6.61 Å². The molecule has 1 aliphatic rings. The molecule has 0 aliphatic heterocycles. The van der Waals surface area contributed by atoms with Crippen LogP contribution in [0.25, 0.3) is 0 Å². The lowest BCUT2D eigenvalue weighted by Crippen LogP contribution is -2.36.